The Bertz CT molecular complexity index is 853. The lowest BCUT2D eigenvalue weighted by atomic mass is 10.0. The summed E-state index contributed by atoms with van der Waals surface area (Å²) in [6.07, 6.45) is 4.99. The van der Waals surface area contributed by atoms with Gasteiger partial charge in [-0.25, -0.2) is 14.2 Å². The number of amides is 2. The minimum absolute atomic E-state index is 0.0517. The van der Waals surface area contributed by atoms with E-state index < -0.39 is 0 Å². The molecule has 4 rings (SSSR count). The zero-order valence-electron chi connectivity index (χ0n) is 13.8. The number of carbonyl (C=O) groups excluding carboxylic acids is 1. The maximum Gasteiger partial charge on any atom is 0.326 e. The van der Waals surface area contributed by atoms with Crippen molar-refractivity contribution in [1.82, 2.24) is 9.88 Å². The number of benzene rings is 1. The Morgan fingerprint density at radius 1 is 1.12 bits per heavy atom. The third-order valence-electron chi connectivity index (χ3n) is 4.70. The van der Waals surface area contributed by atoms with Crippen molar-refractivity contribution in [1.29, 1.82) is 0 Å². The minimum Gasteiger partial charge on any atom is -0.320 e. The second-order valence-corrected chi connectivity index (χ2v) is 6.40. The average molecular weight is 335 g/mol. The second kappa shape index (κ2) is 6.56. The van der Waals surface area contributed by atoms with Crippen molar-refractivity contribution in [2.24, 2.45) is 0 Å². The summed E-state index contributed by atoms with van der Waals surface area (Å²) in [5.74, 6) is 6.26. The van der Waals surface area contributed by atoms with Gasteiger partial charge in [-0.3, -0.25) is 4.90 Å². The SMILES string of the molecule is O=C1N(c2ccc(C#Cc3cccc(F)c3)cn2)CC2CCCCN12. The van der Waals surface area contributed by atoms with E-state index in [-0.39, 0.29) is 11.8 Å². The fourth-order valence-electron chi connectivity index (χ4n) is 3.41. The highest BCUT2D eigenvalue weighted by Crippen LogP contribution is 2.28. The predicted octanol–water partition coefficient (Wildman–Crippen LogP) is 3.42. The molecule has 126 valence electrons. The topological polar surface area (TPSA) is 36.4 Å². The molecule has 0 aliphatic carbocycles. The average Bonchev–Trinajstić information content (AvgIpc) is 2.98. The number of hydrogen-bond donors (Lipinski definition) is 0. The first kappa shape index (κ1) is 15.6. The number of pyridine rings is 1. The Labute approximate surface area is 146 Å². The van der Waals surface area contributed by atoms with Gasteiger partial charge in [0.05, 0.1) is 6.04 Å². The standard InChI is InChI=1S/C20H18FN3O/c21-17-5-3-4-15(12-17)7-8-16-9-10-19(22-13-16)24-14-18-6-1-2-11-23(18)20(24)25/h3-5,9-10,12-13,18H,1-2,6,11,14H2. The highest BCUT2D eigenvalue weighted by molar-refractivity contribution is 5.93. The van der Waals surface area contributed by atoms with E-state index in [1.165, 1.54) is 18.6 Å². The molecule has 2 aromatic rings. The molecule has 4 nitrogen and oxygen atoms in total. The third kappa shape index (κ3) is 3.20. The van der Waals surface area contributed by atoms with Crippen LogP contribution in [0.5, 0.6) is 0 Å². The molecule has 0 saturated carbocycles. The fraction of sp³-hybridized carbons (Fsp3) is 0.300. The predicted molar refractivity (Wildman–Crippen MR) is 93.7 cm³/mol. The van der Waals surface area contributed by atoms with Gasteiger partial charge in [-0.05, 0) is 49.6 Å². The van der Waals surface area contributed by atoms with Crippen LogP contribution in [0.15, 0.2) is 42.6 Å². The van der Waals surface area contributed by atoms with Gasteiger partial charge in [0, 0.05) is 30.4 Å². The smallest absolute Gasteiger partial charge is 0.320 e. The quantitative estimate of drug-likeness (QED) is 0.749. The molecule has 2 aliphatic rings. The van der Waals surface area contributed by atoms with Crippen LogP contribution >= 0.6 is 0 Å². The van der Waals surface area contributed by atoms with Crippen LogP contribution in [-0.4, -0.2) is 35.0 Å². The lowest BCUT2D eigenvalue weighted by Gasteiger charge is -2.27. The molecule has 2 fully saturated rings. The minimum atomic E-state index is -0.302. The van der Waals surface area contributed by atoms with Crippen molar-refractivity contribution in [3.8, 4) is 11.8 Å². The van der Waals surface area contributed by atoms with Crippen LogP contribution in [0.25, 0.3) is 0 Å². The number of fused-ring (bicyclic) bond motifs is 1. The Hall–Kier alpha value is -2.87. The Morgan fingerprint density at radius 3 is 2.76 bits per heavy atom. The van der Waals surface area contributed by atoms with E-state index >= 15 is 0 Å². The molecule has 1 unspecified atom stereocenters. The molecule has 1 aromatic carbocycles. The third-order valence-corrected chi connectivity index (χ3v) is 4.70. The number of rotatable bonds is 1. The lowest BCUT2D eigenvalue weighted by Crippen LogP contribution is -2.38. The molecular weight excluding hydrogens is 317 g/mol. The van der Waals surface area contributed by atoms with Crippen molar-refractivity contribution in [2.45, 2.75) is 25.3 Å². The molecule has 2 aliphatic heterocycles. The van der Waals surface area contributed by atoms with Gasteiger partial charge in [-0.15, -0.1) is 0 Å². The van der Waals surface area contributed by atoms with E-state index in [9.17, 15) is 9.18 Å². The maximum atomic E-state index is 13.2. The second-order valence-electron chi connectivity index (χ2n) is 6.40. The Morgan fingerprint density at radius 2 is 2.00 bits per heavy atom. The molecule has 1 atom stereocenters. The summed E-state index contributed by atoms with van der Waals surface area (Å²) in [7, 11) is 0. The van der Waals surface area contributed by atoms with Gasteiger partial charge in [0.25, 0.3) is 0 Å². The van der Waals surface area contributed by atoms with Gasteiger partial charge in [0.15, 0.2) is 0 Å². The van der Waals surface area contributed by atoms with Crippen LogP contribution in [-0.2, 0) is 0 Å². The van der Waals surface area contributed by atoms with Crippen LogP contribution in [0.4, 0.5) is 15.0 Å². The van der Waals surface area contributed by atoms with Crippen LogP contribution in [0.2, 0.25) is 0 Å². The Kier molecular flexibility index (Phi) is 4.10. The zero-order chi connectivity index (χ0) is 17.2. The number of aromatic nitrogens is 1. The molecule has 0 N–H and O–H groups in total. The summed E-state index contributed by atoms with van der Waals surface area (Å²) in [6.45, 7) is 1.55. The normalized spacial score (nSPS) is 19.4. The first-order valence-electron chi connectivity index (χ1n) is 8.52. The molecule has 1 aromatic heterocycles. The van der Waals surface area contributed by atoms with Crippen molar-refractivity contribution in [2.75, 3.05) is 18.0 Å². The van der Waals surface area contributed by atoms with E-state index in [1.807, 2.05) is 17.0 Å². The molecule has 3 heterocycles. The van der Waals surface area contributed by atoms with Crippen LogP contribution in [0.1, 0.15) is 30.4 Å². The largest absolute Gasteiger partial charge is 0.326 e. The number of piperidine rings is 1. The van der Waals surface area contributed by atoms with E-state index in [1.54, 1.807) is 23.2 Å². The molecule has 0 spiro atoms. The van der Waals surface area contributed by atoms with E-state index in [0.29, 0.717) is 24.0 Å². The lowest BCUT2D eigenvalue weighted by molar-refractivity contribution is 0.187. The first-order chi connectivity index (χ1) is 12.2. The van der Waals surface area contributed by atoms with Crippen molar-refractivity contribution < 1.29 is 9.18 Å². The summed E-state index contributed by atoms with van der Waals surface area (Å²) in [5.41, 5.74) is 1.35. The van der Waals surface area contributed by atoms with Gasteiger partial charge in [-0.2, -0.15) is 0 Å². The Balaban J connectivity index is 1.50. The van der Waals surface area contributed by atoms with Crippen LogP contribution in [0.3, 0.4) is 0 Å². The van der Waals surface area contributed by atoms with Gasteiger partial charge in [-0.1, -0.05) is 17.9 Å². The molecule has 25 heavy (non-hydrogen) atoms. The monoisotopic (exact) mass is 335 g/mol. The van der Waals surface area contributed by atoms with Crippen molar-refractivity contribution >= 4 is 11.8 Å². The summed E-state index contributed by atoms with van der Waals surface area (Å²) in [6, 6.07) is 10.2. The summed E-state index contributed by atoms with van der Waals surface area (Å²) < 4.78 is 13.2. The molecule has 0 radical (unpaired) electrons. The van der Waals surface area contributed by atoms with Gasteiger partial charge in [0.1, 0.15) is 11.6 Å². The highest BCUT2D eigenvalue weighted by Gasteiger charge is 2.39. The summed E-state index contributed by atoms with van der Waals surface area (Å²) in [5, 5.41) is 0. The van der Waals surface area contributed by atoms with E-state index in [0.717, 1.165) is 24.9 Å². The number of hydrogen-bond acceptors (Lipinski definition) is 2. The van der Waals surface area contributed by atoms with Gasteiger partial charge in [0.2, 0.25) is 0 Å². The van der Waals surface area contributed by atoms with Crippen molar-refractivity contribution in [3.63, 3.8) is 0 Å². The molecule has 2 amide bonds. The number of urea groups is 1. The number of halogens is 1. The zero-order valence-corrected chi connectivity index (χ0v) is 13.8. The summed E-state index contributed by atoms with van der Waals surface area (Å²) >= 11 is 0. The molecule has 2 saturated heterocycles. The van der Waals surface area contributed by atoms with Gasteiger partial charge >= 0.3 is 6.03 Å². The first-order valence-corrected chi connectivity index (χ1v) is 8.52. The van der Waals surface area contributed by atoms with Crippen molar-refractivity contribution in [3.05, 3.63) is 59.5 Å². The summed E-state index contributed by atoms with van der Waals surface area (Å²) in [4.78, 5) is 20.6. The molecular formula is C20H18FN3O. The molecule has 0 bridgehead atoms. The van der Waals surface area contributed by atoms with E-state index in [4.69, 9.17) is 0 Å². The van der Waals surface area contributed by atoms with Gasteiger partial charge < -0.3 is 4.90 Å². The number of anilines is 1. The fourth-order valence-corrected chi connectivity index (χ4v) is 3.41. The van der Waals surface area contributed by atoms with Crippen LogP contribution in [0, 0.1) is 17.7 Å². The van der Waals surface area contributed by atoms with Crippen LogP contribution < -0.4 is 4.90 Å². The molecule has 5 heteroatoms. The highest BCUT2D eigenvalue weighted by atomic mass is 19.1. The van der Waals surface area contributed by atoms with E-state index in [2.05, 4.69) is 16.8 Å². The number of carbonyl (C=O) groups is 1. The maximum absolute atomic E-state index is 13.2. The number of nitrogens with zero attached hydrogens (tertiary/aromatic N) is 3.